The zero-order valence-corrected chi connectivity index (χ0v) is 12.7. The molecule has 3 heteroatoms. The lowest BCUT2D eigenvalue weighted by Gasteiger charge is -2.50. The second-order valence-corrected chi connectivity index (χ2v) is 6.44. The van der Waals surface area contributed by atoms with Crippen molar-refractivity contribution < 1.29 is 4.74 Å². The van der Waals surface area contributed by atoms with E-state index in [0.29, 0.717) is 18.1 Å². The minimum absolute atomic E-state index is 0.335. The van der Waals surface area contributed by atoms with E-state index >= 15 is 0 Å². The quantitative estimate of drug-likeness (QED) is 0.877. The van der Waals surface area contributed by atoms with Gasteiger partial charge in [0.1, 0.15) is 11.9 Å². The molecule has 2 saturated heterocycles. The van der Waals surface area contributed by atoms with Gasteiger partial charge in [-0.15, -0.1) is 0 Å². The van der Waals surface area contributed by atoms with Gasteiger partial charge in [-0.05, 0) is 49.2 Å². The first-order chi connectivity index (χ1) is 10.8. The molecule has 3 fully saturated rings. The van der Waals surface area contributed by atoms with Crippen LogP contribution in [-0.4, -0.2) is 18.7 Å². The predicted molar refractivity (Wildman–Crippen MR) is 90.2 cm³/mol. The van der Waals surface area contributed by atoms with E-state index in [0.717, 1.165) is 24.4 Å². The Kier molecular flexibility index (Phi) is 3.41. The van der Waals surface area contributed by atoms with Crippen LogP contribution in [0.1, 0.15) is 19.3 Å². The summed E-state index contributed by atoms with van der Waals surface area (Å²) < 4.78 is 6.25. The molecule has 3 nitrogen and oxygen atoms in total. The van der Waals surface area contributed by atoms with Gasteiger partial charge < -0.3 is 15.4 Å². The summed E-state index contributed by atoms with van der Waals surface area (Å²) in [6.07, 6.45) is 4.00. The fourth-order valence-electron chi connectivity index (χ4n) is 3.87. The van der Waals surface area contributed by atoms with Crippen molar-refractivity contribution in [2.24, 2.45) is 5.92 Å². The van der Waals surface area contributed by atoms with Crippen molar-refractivity contribution >= 4 is 11.4 Å². The first-order valence-corrected chi connectivity index (χ1v) is 8.13. The number of anilines is 2. The zero-order chi connectivity index (χ0) is 14.9. The molecular weight excluding hydrogens is 272 g/mol. The van der Waals surface area contributed by atoms with E-state index in [1.165, 1.54) is 18.5 Å². The smallest absolute Gasteiger partial charge is 0.119 e. The van der Waals surface area contributed by atoms with Gasteiger partial charge in [0.2, 0.25) is 0 Å². The molecular formula is C19H22N2O. The van der Waals surface area contributed by atoms with Crippen LogP contribution in [0.4, 0.5) is 11.4 Å². The van der Waals surface area contributed by atoms with E-state index < -0.39 is 0 Å². The van der Waals surface area contributed by atoms with Crippen molar-refractivity contribution in [1.29, 1.82) is 0 Å². The average molecular weight is 294 g/mol. The maximum absolute atomic E-state index is 6.25. The van der Waals surface area contributed by atoms with Crippen LogP contribution in [0.3, 0.4) is 0 Å². The number of benzene rings is 2. The number of fused-ring (bicyclic) bond motifs is 3. The second-order valence-electron chi connectivity index (χ2n) is 6.44. The van der Waals surface area contributed by atoms with E-state index in [-0.39, 0.29) is 0 Å². The van der Waals surface area contributed by atoms with Gasteiger partial charge in [0.05, 0.1) is 0 Å². The summed E-state index contributed by atoms with van der Waals surface area (Å²) in [6, 6.07) is 19.1. The van der Waals surface area contributed by atoms with Crippen molar-refractivity contribution in [1.82, 2.24) is 0 Å². The maximum Gasteiger partial charge on any atom is 0.119 e. The number of hydrogen-bond acceptors (Lipinski definition) is 3. The average Bonchev–Trinajstić information content (AvgIpc) is 2.58. The first kappa shape index (κ1) is 13.5. The van der Waals surface area contributed by atoms with E-state index in [1.807, 2.05) is 24.3 Å². The van der Waals surface area contributed by atoms with Gasteiger partial charge in [-0.1, -0.05) is 18.2 Å². The molecule has 0 amide bonds. The fourth-order valence-corrected chi connectivity index (χ4v) is 3.87. The predicted octanol–water partition coefficient (Wildman–Crippen LogP) is 3.71. The fraction of sp³-hybridized carbons (Fsp3) is 0.368. The largest absolute Gasteiger partial charge is 0.490 e. The normalized spacial score (nSPS) is 26.9. The Morgan fingerprint density at radius 1 is 0.955 bits per heavy atom. The third kappa shape index (κ3) is 2.52. The number of nitrogens with two attached hydrogens (primary N) is 1. The number of para-hydroxylation sites is 1. The highest BCUT2D eigenvalue weighted by atomic mass is 16.5. The van der Waals surface area contributed by atoms with E-state index in [2.05, 4.69) is 35.2 Å². The summed E-state index contributed by atoms with van der Waals surface area (Å²) in [6.45, 7) is 1.11. The van der Waals surface area contributed by atoms with Gasteiger partial charge in [0.15, 0.2) is 0 Å². The van der Waals surface area contributed by atoms with Gasteiger partial charge in [-0.3, -0.25) is 0 Å². The number of ether oxygens (including phenoxy) is 1. The molecule has 2 bridgehead atoms. The Labute approximate surface area is 131 Å². The van der Waals surface area contributed by atoms with Crippen molar-refractivity contribution in [3.05, 3.63) is 54.6 Å². The topological polar surface area (TPSA) is 38.5 Å². The van der Waals surface area contributed by atoms with Crippen LogP contribution in [0.15, 0.2) is 54.6 Å². The van der Waals surface area contributed by atoms with Crippen molar-refractivity contribution in [2.45, 2.75) is 31.4 Å². The van der Waals surface area contributed by atoms with Crippen LogP contribution in [0.5, 0.6) is 5.75 Å². The van der Waals surface area contributed by atoms with Crippen LogP contribution in [0, 0.1) is 5.92 Å². The lowest BCUT2D eigenvalue weighted by atomic mass is 9.77. The van der Waals surface area contributed by atoms with Crippen molar-refractivity contribution in [2.75, 3.05) is 17.2 Å². The van der Waals surface area contributed by atoms with Crippen LogP contribution in [-0.2, 0) is 0 Å². The molecule has 1 saturated carbocycles. The second kappa shape index (κ2) is 5.56. The molecule has 22 heavy (non-hydrogen) atoms. The number of piperidine rings is 2. The standard InChI is InChI=1S/C19H22N2O/c20-15-7-10-18(11-8-15)22-19-12-17-9-6-14(19)13-21(17)16-4-2-1-3-5-16/h1-5,7-8,10-11,14,17,19H,6,9,12-13,20H2. The Morgan fingerprint density at radius 2 is 1.73 bits per heavy atom. The van der Waals surface area contributed by atoms with Crippen molar-refractivity contribution in [3.8, 4) is 5.75 Å². The SMILES string of the molecule is Nc1ccc(OC2CC3CCC2CN3c2ccccc2)cc1. The molecule has 2 aliphatic heterocycles. The summed E-state index contributed by atoms with van der Waals surface area (Å²) in [5, 5.41) is 0. The minimum Gasteiger partial charge on any atom is -0.490 e. The maximum atomic E-state index is 6.25. The molecule has 3 atom stereocenters. The number of nitrogens with zero attached hydrogens (tertiary/aromatic N) is 1. The molecule has 5 rings (SSSR count). The Bertz CT molecular complexity index is 626. The molecule has 0 aromatic heterocycles. The minimum atomic E-state index is 0.335. The molecule has 2 heterocycles. The van der Waals surface area contributed by atoms with Crippen molar-refractivity contribution in [3.63, 3.8) is 0 Å². The molecule has 1 aliphatic carbocycles. The van der Waals surface area contributed by atoms with Crippen LogP contribution >= 0.6 is 0 Å². The molecule has 0 radical (unpaired) electrons. The molecule has 2 aromatic carbocycles. The van der Waals surface area contributed by atoms with Gasteiger partial charge in [0.25, 0.3) is 0 Å². The molecule has 3 aliphatic rings. The van der Waals surface area contributed by atoms with Crippen LogP contribution in [0.2, 0.25) is 0 Å². The monoisotopic (exact) mass is 294 g/mol. The Balaban J connectivity index is 1.47. The first-order valence-electron chi connectivity index (χ1n) is 8.13. The van der Waals surface area contributed by atoms with E-state index in [1.54, 1.807) is 0 Å². The molecule has 0 spiro atoms. The molecule has 3 unspecified atom stereocenters. The van der Waals surface area contributed by atoms with Crippen LogP contribution < -0.4 is 15.4 Å². The van der Waals surface area contributed by atoms with Gasteiger partial charge in [-0.2, -0.15) is 0 Å². The highest BCUT2D eigenvalue weighted by Crippen LogP contribution is 2.39. The Hall–Kier alpha value is -2.16. The summed E-state index contributed by atoms with van der Waals surface area (Å²) in [5.41, 5.74) is 7.88. The number of nitrogen functional groups attached to an aromatic ring is 1. The highest BCUT2D eigenvalue weighted by molar-refractivity contribution is 5.48. The van der Waals surface area contributed by atoms with Crippen LogP contribution in [0.25, 0.3) is 0 Å². The highest BCUT2D eigenvalue weighted by Gasteiger charge is 2.41. The summed E-state index contributed by atoms with van der Waals surface area (Å²) in [5.74, 6) is 1.56. The molecule has 2 aromatic rings. The molecule has 114 valence electrons. The summed E-state index contributed by atoms with van der Waals surface area (Å²) >= 11 is 0. The van der Waals surface area contributed by atoms with E-state index in [4.69, 9.17) is 10.5 Å². The van der Waals surface area contributed by atoms with E-state index in [9.17, 15) is 0 Å². The summed E-state index contributed by atoms with van der Waals surface area (Å²) in [7, 11) is 0. The van der Waals surface area contributed by atoms with Gasteiger partial charge in [0, 0.05) is 36.3 Å². The number of rotatable bonds is 3. The zero-order valence-electron chi connectivity index (χ0n) is 12.7. The lowest BCUT2D eigenvalue weighted by molar-refractivity contribution is 0.0572. The molecule has 2 N–H and O–H groups in total. The van der Waals surface area contributed by atoms with Gasteiger partial charge in [-0.25, -0.2) is 0 Å². The summed E-state index contributed by atoms with van der Waals surface area (Å²) in [4.78, 5) is 2.57. The van der Waals surface area contributed by atoms with Gasteiger partial charge >= 0.3 is 0 Å². The third-order valence-electron chi connectivity index (χ3n) is 5.03. The third-order valence-corrected chi connectivity index (χ3v) is 5.03. The Morgan fingerprint density at radius 3 is 2.41 bits per heavy atom. The number of hydrogen-bond donors (Lipinski definition) is 1. The lowest BCUT2D eigenvalue weighted by Crippen LogP contribution is -2.55.